The Morgan fingerprint density at radius 2 is 0.833 bits per heavy atom. The minimum absolute atomic E-state index is 0. The van der Waals surface area contributed by atoms with Crippen LogP contribution in [-0.4, -0.2) is 47.2 Å². The predicted octanol–water partition coefficient (Wildman–Crippen LogP) is -3.49. The molecule has 0 heterocycles. The molecule has 0 saturated carbocycles. The van der Waals surface area contributed by atoms with Crippen LogP contribution in [0.2, 0.25) is 0 Å². The Kier molecular flexibility index (Phi) is 974. The molecule has 43 valence electrons. The molecule has 0 saturated heterocycles. The molecule has 0 aromatic rings. The zero-order valence-electron chi connectivity index (χ0n) is 1.65. The monoisotopic (exact) mass is 191 g/mol. The van der Waals surface area contributed by atoms with E-state index in [1.807, 2.05) is 0 Å². The summed E-state index contributed by atoms with van der Waals surface area (Å²) in [5.74, 6) is 0. The van der Waals surface area contributed by atoms with Gasteiger partial charge in [-0.1, -0.05) is 0 Å². The third-order valence-electron chi connectivity index (χ3n) is 0. The molecule has 6 heavy (non-hydrogen) atoms. The quantitative estimate of drug-likeness (QED) is 0.357. The van der Waals surface area contributed by atoms with E-state index in [1.165, 1.54) is 0 Å². The first kappa shape index (κ1) is 95.2. The van der Waals surface area contributed by atoms with Crippen LogP contribution in [0.4, 0.5) is 0 Å². The smallest absolute Gasteiger partial charge is 0 e. The molecule has 0 aliphatic carbocycles. The van der Waals surface area contributed by atoms with Crippen LogP contribution in [0.1, 0.15) is 0 Å². The van der Waals surface area contributed by atoms with Crippen molar-refractivity contribution in [2.24, 2.45) is 0 Å². The summed E-state index contributed by atoms with van der Waals surface area (Å²) in [5, 5.41) is 0. The fourth-order valence-electron chi connectivity index (χ4n) is 0. The van der Waals surface area contributed by atoms with Crippen LogP contribution in [0.5, 0.6) is 0 Å². The minimum atomic E-state index is 0. The number of hydrogen-bond acceptors (Lipinski definition) is 0. The molecule has 6 heteroatoms. The molecule has 0 amide bonds. The van der Waals surface area contributed by atoms with E-state index in [0.29, 0.717) is 0 Å². The maximum Gasteiger partial charge on any atom is 0 e. The van der Waals surface area contributed by atoms with Gasteiger partial charge in [0.05, 0.1) is 0 Å². The molecule has 2 nitrogen and oxygen atoms in total. The summed E-state index contributed by atoms with van der Waals surface area (Å²) in [6.45, 7) is 0. The van der Waals surface area contributed by atoms with E-state index >= 15 is 0 Å². The fourth-order valence-corrected chi connectivity index (χ4v) is 0. The molecule has 0 fully saturated rings. The van der Waals surface area contributed by atoms with Gasteiger partial charge >= 0.3 is 18.9 Å². The number of rotatable bonds is 0. The Morgan fingerprint density at radius 3 is 0.833 bits per heavy atom. The molecule has 0 unspecified atom stereocenters. The van der Waals surface area contributed by atoms with Crippen molar-refractivity contribution in [1.29, 1.82) is 0 Å². The molecule has 0 spiro atoms. The van der Waals surface area contributed by atoms with Gasteiger partial charge < -0.3 is 11.0 Å². The summed E-state index contributed by atoms with van der Waals surface area (Å²) >= 11 is 0. The first-order valence-electron chi connectivity index (χ1n) is 0. The summed E-state index contributed by atoms with van der Waals surface area (Å²) in [7, 11) is 0. The summed E-state index contributed by atoms with van der Waals surface area (Å²) < 4.78 is 0. The zero-order chi connectivity index (χ0) is 0. The van der Waals surface area contributed by atoms with Gasteiger partial charge in [0.25, 0.3) is 0 Å². The molecule has 0 aliphatic heterocycles. The average Bonchev–Trinajstić information content (AvgIpc) is 0. The van der Waals surface area contributed by atoms with E-state index in [1.54, 1.807) is 0 Å². The average molecular weight is 192 g/mol. The molecule has 0 aromatic heterocycles. The largest absolute Gasteiger partial charge is 0 e. The molecular formula is H8AlCoLiNiO2. The third kappa shape index (κ3) is 36.7. The van der Waals surface area contributed by atoms with Crippen molar-refractivity contribution < 1.29 is 44.2 Å². The predicted molar refractivity (Wildman–Crippen MR) is 24.3 cm³/mol. The molecule has 0 aromatic carbocycles. The second kappa shape index (κ2) is 61.4. The molecular weight excluding hydrogens is 184 g/mol. The van der Waals surface area contributed by atoms with E-state index in [2.05, 4.69) is 0 Å². The fraction of sp³-hybridized carbons (Fsp3) is 0. The van der Waals surface area contributed by atoms with Crippen LogP contribution in [0.3, 0.4) is 0 Å². The maximum absolute atomic E-state index is 0. The Morgan fingerprint density at radius 1 is 0.833 bits per heavy atom. The van der Waals surface area contributed by atoms with E-state index in [4.69, 9.17) is 0 Å². The zero-order valence-corrected chi connectivity index (χ0v) is 3.68. The van der Waals surface area contributed by atoms with Gasteiger partial charge in [0.1, 0.15) is 0 Å². The van der Waals surface area contributed by atoms with Crippen molar-refractivity contribution in [2.45, 2.75) is 0 Å². The van der Waals surface area contributed by atoms with Gasteiger partial charge in [-0.05, 0) is 0 Å². The van der Waals surface area contributed by atoms with Gasteiger partial charge in [0, 0.05) is 33.3 Å². The van der Waals surface area contributed by atoms with Crippen LogP contribution >= 0.6 is 0 Å². The summed E-state index contributed by atoms with van der Waals surface area (Å²) in [4.78, 5) is 0. The molecule has 1 radical (unpaired) electrons. The topological polar surface area (TPSA) is 63.0 Å². The van der Waals surface area contributed by atoms with Crippen molar-refractivity contribution in [3.63, 3.8) is 0 Å². The first-order chi connectivity index (χ1) is 0. The van der Waals surface area contributed by atoms with E-state index in [9.17, 15) is 0 Å². The number of hydrogen-bond donors (Lipinski definition) is 0. The Balaban J connectivity index is 0. The third-order valence-corrected chi connectivity index (χ3v) is 0. The van der Waals surface area contributed by atoms with Gasteiger partial charge in [0.2, 0.25) is 0 Å². The van der Waals surface area contributed by atoms with E-state index in [0.717, 1.165) is 0 Å². The van der Waals surface area contributed by atoms with E-state index < -0.39 is 0 Å². The van der Waals surface area contributed by atoms with Crippen molar-refractivity contribution in [3.8, 4) is 0 Å². The van der Waals surface area contributed by atoms with Gasteiger partial charge in [-0.2, -0.15) is 0 Å². The normalized spacial score (nSPS) is 0. The van der Waals surface area contributed by atoms with Gasteiger partial charge in [-0.25, -0.2) is 0 Å². The maximum atomic E-state index is 0. The molecule has 0 atom stereocenters. The first-order valence-corrected chi connectivity index (χ1v) is 0. The van der Waals surface area contributed by atoms with Crippen molar-refractivity contribution in [2.75, 3.05) is 0 Å². The van der Waals surface area contributed by atoms with Crippen molar-refractivity contribution in [1.82, 2.24) is 0 Å². The van der Waals surface area contributed by atoms with Crippen LogP contribution < -0.4 is 0 Å². The van der Waals surface area contributed by atoms with Gasteiger partial charge in [-0.15, -0.1) is 0 Å². The Bertz CT molecular complexity index is 13.5. The second-order valence-electron chi connectivity index (χ2n) is 0. The van der Waals surface area contributed by atoms with Crippen LogP contribution in [-0.2, 0) is 33.3 Å². The van der Waals surface area contributed by atoms with Gasteiger partial charge in [-0.3, -0.25) is 0 Å². The van der Waals surface area contributed by atoms with Gasteiger partial charge in [0.15, 0.2) is 17.4 Å². The van der Waals surface area contributed by atoms with Crippen LogP contribution in [0.25, 0.3) is 0 Å². The van der Waals surface area contributed by atoms with Crippen LogP contribution in [0, 0.1) is 0 Å². The van der Waals surface area contributed by atoms with Crippen molar-refractivity contribution >= 4 is 36.2 Å². The Hall–Kier alpha value is 2.05. The second-order valence-corrected chi connectivity index (χ2v) is 0. The summed E-state index contributed by atoms with van der Waals surface area (Å²) in [6, 6.07) is 0. The summed E-state index contributed by atoms with van der Waals surface area (Å²) in [6.07, 6.45) is 0. The molecule has 0 rings (SSSR count). The standard InChI is InChI=1S/Al.Co.Li.Ni.2H2O.4H/h;;;;2*1H2;;;;. The van der Waals surface area contributed by atoms with Crippen molar-refractivity contribution in [3.05, 3.63) is 0 Å². The SMILES string of the molecule is O.O.[AlH3].[Co].[LiH].[Ni]. The molecule has 0 aliphatic rings. The molecule has 0 bridgehead atoms. The summed E-state index contributed by atoms with van der Waals surface area (Å²) in [5.41, 5.74) is 0. The van der Waals surface area contributed by atoms with Crippen LogP contribution in [0.15, 0.2) is 0 Å². The minimum Gasteiger partial charge on any atom is 0 e. The van der Waals surface area contributed by atoms with E-state index in [-0.39, 0.29) is 80.4 Å². The Labute approximate surface area is 79.9 Å². The molecule has 4 N–H and O–H groups in total.